The molecule has 0 aromatic carbocycles. The molecule has 2 aromatic heterocycles. The summed E-state index contributed by atoms with van der Waals surface area (Å²) in [6.07, 6.45) is 5.69. The van der Waals surface area contributed by atoms with Gasteiger partial charge in [-0.05, 0) is 30.5 Å². The van der Waals surface area contributed by atoms with Gasteiger partial charge in [-0.3, -0.25) is 9.97 Å². The lowest BCUT2D eigenvalue weighted by Gasteiger charge is -2.06. The summed E-state index contributed by atoms with van der Waals surface area (Å²) in [5.41, 5.74) is 3.56. The molecular formula is C12H17N3. The highest BCUT2D eigenvalue weighted by atomic mass is 14.7. The molecule has 3 heteroatoms. The fourth-order valence-electron chi connectivity index (χ4n) is 1.71. The average molecular weight is 203 g/mol. The van der Waals surface area contributed by atoms with Crippen LogP contribution in [0.2, 0.25) is 0 Å². The summed E-state index contributed by atoms with van der Waals surface area (Å²) >= 11 is 0. The van der Waals surface area contributed by atoms with Gasteiger partial charge in [0.2, 0.25) is 0 Å². The number of hydrogen-bond donors (Lipinski definition) is 1. The van der Waals surface area contributed by atoms with Crippen molar-refractivity contribution >= 4 is 10.9 Å². The van der Waals surface area contributed by atoms with Gasteiger partial charge in [-0.1, -0.05) is 13.8 Å². The molecule has 0 atom stereocenters. The third kappa shape index (κ3) is 2.13. The van der Waals surface area contributed by atoms with Crippen molar-refractivity contribution in [3.05, 3.63) is 35.8 Å². The molecule has 0 aliphatic carbocycles. The van der Waals surface area contributed by atoms with E-state index in [2.05, 4.69) is 29.9 Å². The minimum absolute atomic E-state index is 0. The maximum Gasteiger partial charge on any atom is 0.0888 e. The lowest BCUT2D eigenvalue weighted by Crippen LogP contribution is -1.96. The van der Waals surface area contributed by atoms with E-state index in [9.17, 15) is 0 Å². The Kier molecular flexibility index (Phi) is 3.74. The highest BCUT2D eigenvalue weighted by molar-refractivity contribution is 5.78. The number of rotatable bonds is 2. The number of hydrogen-bond acceptors (Lipinski definition) is 3. The number of aromatic nitrogens is 2. The first-order valence-electron chi connectivity index (χ1n) is 5.07. The van der Waals surface area contributed by atoms with Gasteiger partial charge >= 0.3 is 0 Å². The Bertz CT molecular complexity index is 409. The summed E-state index contributed by atoms with van der Waals surface area (Å²) in [5, 5.41) is 1.19. The molecule has 2 heterocycles. The number of nitrogens with zero attached hydrogens (tertiary/aromatic N) is 2. The fourth-order valence-corrected chi connectivity index (χ4v) is 1.71. The molecule has 3 N–H and O–H groups in total. The Morgan fingerprint density at radius 3 is 2.67 bits per heavy atom. The minimum Gasteiger partial charge on any atom is -0.344 e. The third-order valence-electron chi connectivity index (χ3n) is 2.50. The van der Waals surface area contributed by atoms with E-state index >= 15 is 0 Å². The molecule has 0 aliphatic heterocycles. The Balaban J connectivity index is 0.00000112. The summed E-state index contributed by atoms with van der Waals surface area (Å²) in [5.74, 6) is 0. The monoisotopic (exact) mass is 203 g/mol. The predicted molar refractivity (Wildman–Crippen MR) is 63.3 cm³/mol. The topological polar surface area (TPSA) is 60.8 Å². The van der Waals surface area contributed by atoms with Crippen molar-refractivity contribution in [2.45, 2.75) is 26.7 Å². The Labute approximate surface area is 90.1 Å². The zero-order valence-electron chi connectivity index (χ0n) is 9.33. The van der Waals surface area contributed by atoms with E-state index in [1.165, 1.54) is 16.6 Å². The molecule has 0 saturated heterocycles. The van der Waals surface area contributed by atoms with Gasteiger partial charge in [-0.2, -0.15) is 0 Å². The van der Waals surface area contributed by atoms with Gasteiger partial charge < -0.3 is 6.15 Å². The first-order chi connectivity index (χ1) is 6.85. The summed E-state index contributed by atoms with van der Waals surface area (Å²) < 4.78 is 0. The molecule has 0 fully saturated rings. The van der Waals surface area contributed by atoms with Crippen LogP contribution >= 0.6 is 0 Å². The lowest BCUT2D eigenvalue weighted by molar-refractivity contribution is 0.980. The highest BCUT2D eigenvalue weighted by Gasteiger charge is 2.02. The highest BCUT2D eigenvalue weighted by Crippen LogP contribution is 2.16. The van der Waals surface area contributed by atoms with Crippen LogP contribution in [0.4, 0.5) is 0 Å². The normalized spacial score (nSPS) is 10.0. The Hall–Kier alpha value is -1.48. The molecule has 2 rings (SSSR count). The first-order valence-corrected chi connectivity index (χ1v) is 5.07. The van der Waals surface area contributed by atoms with Crippen LogP contribution < -0.4 is 6.15 Å². The molecule has 0 bridgehead atoms. The molecule has 2 aromatic rings. The van der Waals surface area contributed by atoms with Crippen molar-refractivity contribution < 1.29 is 0 Å². The second kappa shape index (κ2) is 4.84. The van der Waals surface area contributed by atoms with Gasteiger partial charge in [0.15, 0.2) is 0 Å². The standard InChI is InChI=1S/C12H14N2.H3N/c1-3-9-7-10-5-6-13-8-12(10)14-11(9)4-2;/h5-8H,3-4H2,1-2H3;1H3. The van der Waals surface area contributed by atoms with Crippen molar-refractivity contribution in [1.82, 2.24) is 16.1 Å². The van der Waals surface area contributed by atoms with E-state index in [0.717, 1.165) is 18.4 Å². The maximum atomic E-state index is 4.60. The van der Waals surface area contributed by atoms with Crippen LogP contribution in [0.25, 0.3) is 10.9 Å². The van der Waals surface area contributed by atoms with Crippen molar-refractivity contribution in [3.63, 3.8) is 0 Å². The molecule has 80 valence electrons. The molecule has 3 nitrogen and oxygen atoms in total. The van der Waals surface area contributed by atoms with Crippen molar-refractivity contribution in [1.29, 1.82) is 0 Å². The SMILES string of the molecule is CCc1cc2ccncc2nc1CC.N. The van der Waals surface area contributed by atoms with Crippen LogP contribution in [-0.4, -0.2) is 9.97 Å². The molecule has 0 aliphatic rings. The zero-order chi connectivity index (χ0) is 9.97. The fraction of sp³-hybridized carbons (Fsp3) is 0.333. The summed E-state index contributed by atoms with van der Waals surface area (Å²) in [6, 6.07) is 4.24. The van der Waals surface area contributed by atoms with E-state index in [1.54, 1.807) is 0 Å². The van der Waals surface area contributed by atoms with Gasteiger partial charge in [-0.15, -0.1) is 0 Å². The van der Waals surface area contributed by atoms with E-state index in [1.807, 2.05) is 18.5 Å². The molecule has 0 saturated carbocycles. The zero-order valence-corrected chi connectivity index (χ0v) is 9.33. The largest absolute Gasteiger partial charge is 0.344 e. The molecule has 0 unspecified atom stereocenters. The van der Waals surface area contributed by atoms with Crippen molar-refractivity contribution in [2.24, 2.45) is 0 Å². The lowest BCUT2D eigenvalue weighted by atomic mass is 10.1. The van der Waals surface area contributed by atoms with Crippen LogP contribution in [0, 0.1) is 0 Å². The summed E-state index contributed by atoms with van der Waals surface area (Å²) in [7, 11) is 0. The Morgan fingerprint density at radius 1 is 1.20 bits per heavy atom. The predicted octanol–water partition coefficient (Wildman–Crippen LogP) is 2.92. The number of aryl methyl sites for hydroxylation is 2. The molecule has 0 amide bonds. The van der Waals surface area contributed by atoms with E-state index in [4.69, 9.17) is 0 Å². The maximum absolute atomic E-state index is 4.60. The number of pyridine rings is 2. The van der Waals surface area contributed by atoms with E-state index < -0.39 is 0 Å². The smallest absolute Gasteiger partial charge is 0.0888 e. The average Bonchev–Trinajstić information content (AvgIpc) is 2.27. The van der Waals surface area contributed by atoms with Gasteiger partial charge in [0.25, 0.3) is 0 Å². The van der Waals surface area contributed by atoms with Crippen LogP contribution in [-0.2, 0) is 12.8 Å². The Morgan fingerprint density at radius 2 is 2.00 bits per heavy atom. The van der Waals surface area contributed by atoms with Gasteiger partial charge in [0.1, 0.15) is 0 Å². The van der Waals surface area contributed by atoms with E-state index in [-0.39, 0.29) is 6.15 Å². The molecule has 0 spiro atoms. The first kappa shape index (κ1) is 11.6. The van der Waals surface area contributed by atoms with Crippen LogP contribution in [0.3, 0.4) is 0 Å². The van der Waals surface area contributed by atoms with Gasteiger partial charge in [0, 0.05) is 17.3 Å². The molecular weight excluding hydrogens is 186 g/mol. The van der Waals surface area contributed by atoms with Gasteiger partial charge in [0.05, 0.1) is 11.7 Å². The van der Waals surface area contributed by atoms with Gasteiger partial charge in [-0.25, -0.2) is 0 Å². The minimum atomic E-state index is 0. The molecule has 15 heavy (non-hydrogen) atoms. The summed E-state index contributed by atoms with van der Waals surface area (Å²) in [6.45, 7) is 4.31. The van der Waals surface area contributed by atoms with Crippen LogP contribution in [0.1, 0.15) is 25.1 Å². The summed E-state index contributed by atoms with van der Waals surface area (Å²) in [4.78, 5) is 8.68. The van der Waals surface area contributed by atoms with Crippen LogP contribution in [0.5, 0.6) is 0 Å². The van der Waals surface area contributed by atoms with Crippen LogP contribution in [0.15, 0.2) is 24.5 Å². The second-order valence-electron chi connectivity index (χ2n) is 3.37. The second-order valence-corrected chi connectivity index (χ2v) is 3.37. The quantitative estimate of drug-likeness (QED) is 0.816. The number of fused-ring (bicyclic) bond motifs is 1. The van der Waals surface area contributed by atoms with Crippen molar-refractivity contribution in [2.75, 3.05) is 0 Å². The van der Waals surface area contributed by atoms with E-state index in [0.29, 0.717) is 0 Å². The molecule has 0 radical (unpaired) electrons. The van der Waals surface area contributed by atoms with Crippen molar-refractivity contribution in [3.8, 4) is 0 Å². The third-order valence-corrected chi connectivity index (χ3v) is 2.50.